The van der Waals surface area contributed by atoms with Crippen molar-refractivity contribution >= 4 is 23.1 Å². The van der Waals surface area contributed by atoms with Gasteiger partial charge in [-0.25, -0.2) is 9.97 Å². The van der Waals surface area contributed by atoms with Gasteiger partial charge in [-0.3, -0.25) is 9.59 Å². The number of hydrogen-bond acceptors (Lipinski definition) is 5. The molecule has 0 aliphatic carbocycles. The number of carbonyl (C=O) groups excluding carboxylic acids is 1. The van der Waals surface area contributed by atoms with Gasteiger partial charge in [0.1, 0.15) is 12.1 Å². The molecule has 0 aliphatic heterocycles. The highest BCUT2D eigenvalue weighted by Crippen LogP contribution is 2.20. The molecule has 2 aromatic rings. The number of carbonyl (C=O) groups is 2. The van der Waals surface area contributed by atoms with Gasteiger partial charge >= 0.3 is 5.97 Å². The third kappa shape index (κ3) is 2.14. The summed E-state index contributed by atoms with van der Waals surface area (Å²) in [6.45, 7) is 0. The van der Waals surface area contributed by atoms with Crippen molar-refractivity contribution in [2.75, 3.05) is 0 Å². The maximum atomic E-state index is 11.4. The van der Waals surface area contributed by atoms with E-state index in [0.717, 1.165) is 0 Å². The smallest absolute Gasteiger partial charge is 0.311 e. The first-order valence-electron chi connectivity index (χ1n) is 4.37. The molecular formula is C9H7N3O3S. The van der Waals surface area contributed by atoms with Crippen LogP contribution in [0.4, 0.5) is 0 Å². The van der Waals surface area contributed by atoms with Crippen LogP contribution in [-0.4, -0.2) is 31.8 Å². The first kappa shape index (κ1) is 10.5. The van der Waals surface area contributed by atoms with E-state index >= 15 is 0 Å². The largest absolute Gasteiger partial charge is 0.481 e. The SMILES string of the molecule is O=C(O)CC(=O)c1csc(-c2ncc[nH]2)n1. The molecule has 16 heavy (non-hydrogen) atoms. The quantitative estimate of drug-likeness (QED) is 0.615. The van der Waals surface area contributed by atoms with E-state index in [1.807, 2.05) is 0 Å². The molecule has 7 heteroatoms. The van der Waals surface area contributed by atoms with Crippen molar-refractivity contribution < 1.29 is 14.7 Å². The lowest BCUT2D eigenvalue weighted by Crippen LogP contribution is -2.07. The van der Waals surface area contributed by atoms with Crippen LogP contribution in [0, 0.1) is 0 Å². The summed E-state index contributed by atoms with van der Waals surface area (Å²) in [6.07, 6.45) is 2.69. The Morgan fingerprint density at radius 2 is 2.31 bits per heavy atom. The Labute approximate surface area is 94.0 Å². The maximum Gasteiger partial charge on any atom is 0.311 e. The average Bonchev–Trinajstić information content (AvgIpc) is 2.87. The summed E-state index contributed by atoms with van der Waals surface area (Å²) in [4.78, 5) is 32.6. The zero-order chi connectivity index (χ0) is 11.5. The molecule has 0 radical (unpaired) electrons. The Bertz CT molecular complexity index is 518. The normalized spacial score (nSPS) is 10.2. The molecule has 0 aliphatic rings. The van der Waals surface area contributed by atoms with Gasteiger partial charge in [-0.2, -0.15) is 0 Å². The van der Waals surface area contributed by atoms with Gasteiger partial charge in [0.25, 0.3) is 0 Å². The summed E-state index contributed by atoms with van der Waals surface area (Å²) in [7, 11) is 0. The number of H-pyrrole nitrogens is 1. The predicted molar refractivity (Wildman–Crippen MR) is 56.3 cm³/mol. The number of Topliss-reactive ketones (excluding diaryl/α,β-unsaturated/α-hetero) is 1. The zero-order valence-corrected chi connectivity index (χ0v) is 8.82. The molecule has 0 amide bonds. The average molecular weight is 237 g/mol. The van der Waals surface area contributed by atoms with E-state index < -0.39 is 18.2 Å². The molecule has 2 rings (SSSR count). The van der Waals surface area contributed by atoms with Crippen LogP contribution >= 0.6 is 11.3 Å². The number of carboxylic acids is 1. The van der Waals surface area contributed by atoms with E-state index in [4.69, 9.17) is 5.11 Å². The third-order valence-electron chi connectivity index (χ3n) is 1.80. The molecule has 0 unspecified atom stereocenters. The van der Waals surface area contributed by atoms with Gasteiger partial charge in [0.05, 0.1) is 0 Å². The molecule has 82 valence electrons. The lowest BCUT2D eigenvalue weighted by Gasteiger charge is -1.90. The van der Waals surface area contributed by atoms with Gasteiger partial charge in [-0.15, -0.1) is 11.3 Å². The van der Waals surface area contributed by atoms with Gasteiger partial charge < -0.3 is 10.1 Å². The second kappa shape index (κ2) is 4.23. The molecule has 0 spiro atoms. The van der Waals surface area contributed by atoms with E-state index in [2.05, 4.69) is 15.0 Å². The molecule has 0 aromatic carbocycles. The van der Waals surface area contributed by atoms with E-state index in [1.165, 1.54) is 16.7 Å². The lowest BCUT2D eigenvalue weighted by molar-refractivity contribution is -0.135. The van der Waals surface area contributed by atoms with Crippen LogP contribution in [0.1, 0.15) is 16.9 Å². The van der Waals surface area contributed by atoms with Gasteiger partial charge in [0.2, 0.25) is 0 Å². The number of aliphatic carboxylic acids is 1. The second-order valence-electron chi connectivity index (χ2n) is 2.97. The fraction of sp³-hybridized carbons (Fsp3) is 0.111. The Kier molecular flexibility index (Phi) is 2.78. The van der Waals surface area contributed by atoms with Crippen LogP contribution in [0.2, 0.25) is 0 Å². The number of thiazole rings is 1. The number of hydrogen-bond donors (Lipinski definition) is 2. The summed E-state index contributed by atoms with van der Waals surface area (Å²) in [5, 5.41) is 10.6. The number of imidazole rings is 1. The van der Waals surface area contributed by atoms with Crippen molar-refractivity contribution in [3.8, 4) is 10.8 Å². The van der Waals surface area contributed by atoms with Crippen molar-refractivity contribution in [2.45, 2.75) is 6.42 Å². The minimum Gasteiger partial charge on any atom is -0.481 e. The van der Waals surface area contributed by atoms with Crippen LogP contribution < -0.4 is 0 Å². The van der Waals surface area contributed by atoms with E-state index in [0.29, 0.717) is 10.8 Å². The van der Waals surface area contributed by atoms with E-state index in [1.54, 1.807) is 12.4 Å². The summed E-state index contributed by atoms with van der Waals surface area (Å²) < 4.78 is 0. The molecule has 2 aromatic heterocycles. The standard InChI is InChI=1S/C9H7N3O3S/c13-6(3-7(14)15)5-4-16-9(12-5)8-10-1-2-11-8/h1-2,4H,3H2,(H,10,11)(H,14,15). The molecule has 0 bridgehead atoms. The van der Waals surface area contributed by atoms with Gasteiger partial charge in [0.15, 0.2) is 16.6 Å². The number of rotatable bonds is 4. The molecule has 2 heterocycles. The Balaban J connectivity index is 2.20. The van der Waals surface area contributed by atoms with Crippen molar-refractivity contribution in [1.82, 2.24) is 15.0 Å². The highest BCUT2D eigenvalue weighted by atomic mass is 32.1. The van der Waals surface area contributed by atoms with Crippen LogP contribution in [0.15, 0.2) is 17.8 Å². The van der Waals surface area contributed by atoms with E-state index in [-0.39, 0.29) is 5.69 Å². The Morgan fingerprint density at radius 1 is 1.50 bits per heavy atom. The van der Waals surface area contributed by atoms with Crippen LogP contribution in [0.5, 0.6) is 0 Å². The molecular weight excluding hydrogens is 230 g/mol. The second-order valence-corrected chi connectivity index (χ2v) is 3.83. The Morgan fingerprint density at radius 3 is 2.94 bits per heavy atom. The van der Waals surface area contributed by atoms with Crippen LogP contribution in [0.25, 0.3) is 10.8 Å². The highest BCUT2D eigenvalue weighted by molar-refractivity contribution is 7.13. The minimum atomic E-state index is -1.16. The molecule has 2 N–H and O–H groups in total. The number of ketones is 1. The van der Waals surface area contributed by atoms with Crippen LogP contribution in [-0.2, 0) is 4.79 Å². The number of carboxylic acid groups (broad SMARTS) is 1. The summed E-state index contributed by atoms with van der Waals surface area (Å²) in [5.41, 5.74) is 0.166. The monoisotopic (exact) mass is 237 g/mol. The topological polar surface area (TPSA) is 95.9 Å². The maximum absolute atomic E-state index is 11.4. The summed E-state index contributed by atoms with van der Waals surface area (Å²) in [6, 6.07) is 0. The number of aromatic amines is 1. The number of nitrogens with one attached hydrogen (secondary N) is 1. The molecule has 6 nitrogen and oxygen atoms in total. The molecule has 0 saturated carbocycles. The minimum absolute atomic E-state index is 0.166. The zero-order valence-electron chi connectivity index (χ0n) is 8.01. The number of aromatic nitrogens is 3. The molecule has 0 saturated heterocycles. The number of nitrogens with zero attached hydrogens (tertiary/aromatic N) is 2. The van der Waals surface area contributed by atoms with Crippen LogP contribution in [0.3, 0.4) is 0 Å². The fourth-order valence-corrected chi connectivity index (χ4v) is 1.90. The Hall–Kier alpha value is -2.02. The first-order valence-corrected chi connectivity index (χ1v) is 5.25. The first-order chi connectivity index (χ1) is 7.66. The van der Waals surface area contributed by atoms with E-state index in [9.17, 15) is 9.59 Å². The lowest BCUT2D eigenvalue weighted by atomic mass is 10.2. The highest BCUT2D eigenvalue weighted by Gasteiger charge is 2.15. The van der Waals surface area contributed by atoms with Crippen molar-refractivity contribution in [3.05, 3.63) is 23.5 Å². The van der Waals surface area contributed by atoms with Crippen molar-refractivity contribution in [3.63, 3.8) is 0 Å². The third-order valence-corrected chi connectivity index (χ3v) is 2.65. The predicted octanol–water partition coefficient (Wildman–Crippen LogP) is 1.19. The molecule has 0 fully saturated rings. The molecule has 0 atom stereocenters. The fourth-order valence-electron chi connectivity index (χ4n) is 1.12. The van der Waals surface area contributed by atoms with Crippen molar-refractivity contribution in [1.29, 1.82) is 0 Å². The summed E-state index contributed by atoms with van der Waals surface area (Å²) >= 11 is 1.24. The summed E-state index contributed by atoms with van der Waals surface area (Å²) in [5.74, 6) is -1.08. The van der Waals surface area contributed by atoms with Gasteiger partial charge in [-0.1, -0.05) is 0 Å². The van der Waals surface area contributed by atoms with Gasteiger partial charge in [0, 0.05) is 17.8 Å². The van der Waals surface area contributed by atoms with Gasteiger partial charge in [-0.05, 0) is 0 Å². The van der Waals surface area contributed by atoms with Crippen molar-refractivity contribution in [2.24, 2.45) is 0 Å².